The summed E-state index contributed by atoms with van der Waals surface area (Å²) < 4.78 is 0. The van der Waals surface area contributed by atoms with Gasteiger partial charge in [0.2, 0.25) is 5.91 Å². The maximum atomic E-state index is 11.0. The molecule has 1 N–H and O–H groups in total. The Balaban J connectivity index is 2.34. The fraction of sp³-hybridized carbons (Fsp3) is 0.286. The van der Waals surface area contributed by atoms with Crippen molar-refractivity contribution < 1.29 is 4.79 Å². The van der Waals surface area contributed by atoms with Crippen molar-refractivity contribution in [1.82, 2.24) is 10.6 Å². The second-order valence-corrected chi connectivity index (χ2v) is 2.58. The number of hydrogen-bond donors (Lipinski definition) is 1. The Morgan fingerprint density at radius 1 is 1.73 bits per heavy atom. The predicted molar refractivity (Wildman–Crippen MR) is 38.7 cm³/mol. The minimum atomic E-state index is -0.252. The van der Waals surface area contributed by atoms with Crippen molar-refractivity contribution in [3.05, 3.63) is 29.1 Å². The van der Waals surface area contributed by atoms with Gasteiger partial charge in [-0.1, -0.05) is 12.2 Å². The molecule has 1 aliphatic heterocycles. The monoisotopic (exact) mass is 151 g/mol. The maximum absolute atomic E-state index is 11.0. The third kappa shape index (κ3) is 0.832. The zero-order valence-corrected chi connectivity index (χ0v) is 5.78. The van der Waals surface area contributed by atoms with E-state index in [-0.39, 0.29) is 11.8 Å². The van der Waals surface area contributed by atoms with Crippen LogP contribution < -0.4 is 5.43 Å². The van der Waals surface area contributed by atoms with E-state index in [0.29, 0.717) is 17.3 Å². The van der Waals surface area contributed by atoms with Crippen LogP contribution in [0.15, 0.2) is 23.9 Å². The number of hydrazine groups is 1. The van der Waals surface area contributed by atoms with E-state index in [4.69, 9.17) is 0 Å². The molecular formula is C7H7N2O2-. The molecule has 0 bridgehead atoms. The molecule has 1 aliphatic carbocycles. The summed E-state index contributed by atoms with van der Waals surface area (Å²) in [7, 11) is 0. The van der Waals surface area contributed by atoms with Gasteiger partial charge in [0.15, 0.2) is 0 Å². The number of fused-ring (bicyclic) bond motifs is 1. The molecule has 2 rings (SSSR count). The molecule has 4 heteroatoms. The molecule has 4 nitrogen and oxygen atoms in total. The molecule has 1 heterocycles. The van der Waals surface area contributed by atoms with E-state index in [0.717, 1.165) is 0 Å². The fourth-order valence-electron chi connectivity index (χ4n) is 1.31. The van der Waals surface area contributed by atoms with Crippen LogP contribution in [0.4, 0.5) is 0 Å². The van der Waals surface area contributed by atoms with E-state index in [1.165, 1.54) is 0 Å². The largest absolute Gasteiger partial charge is 0.739 e. The Kier molecular flexibility index (Phi) is 1.22. The summed E-state index contributed by atoms with van der Waals surface area (Å²) in [6.45, 7) is 0. The molecule has 0 spiro atoms. The van der Waals surface area contributed by atoms with E-state index >= 15 is 0 Å². The van der Waals surface area contributed by atoms with Crippen LogP contribution in [0, 0.1) is 11.1 Å². The first-order valence-electron chi connectivity index (χ1n) is 3.43. The predicted octanol–water partition coefficient (Wildman–Crippen LogP) is 0.291. The summed E-state index contributed by atoms with van der Waals surface area (Å²) in [5, 5.41) is 11.4. The third-order valence-electron chi connectivity index (χ3n) is 1.89. The second-order valence-electron chi connectivity index (χ2n) is 2.58. The van der Waals surface area contributed by atoms with Crippen molar-refractivity contribution in [3.8, 4) is 0 Å². The summed E-state index contributed by atoms with van der Waals surface area (Å²) in [6, 6.07) is 0. The summed E-state index contributed by atoms with van der Waals surface area (Å²) >= 11 is 0. The summed E-state index contributed by atoms with van der Waals surface area (Å²) in [6.07, 6.45) is 5.97. The van der Waals surface area contributed by atoms with Crippen molar-refractivity contribution in [2.75, 3.05) is 0 Å². The molecule has 1 unspecified atom stereocenters. The van der Waals surface area contributed by atoms with Gasteiger partial charge in [0.05, 0.1) is 5.92 Å². The van der Waals surface area contributed by atoms with Gasteiger partial charge in [-0.05, 0) is 12.5 Å². The first-order chi connectivity index (χ1) is 5.29. The normalized spacial score (nSPS) is 28.1. The van der Waals surface area contributed by atoms with E-state index in [1.807, 2.05) is 6.08 Å². The fourth-order valence-corrected chi connectivity index (χ4v) is 1.31. The van der Waals surface area contributed by atoms with Crippen LogP contribution >= 0.6 is 0 Å². The zero-order chi connectivity index (χ0) is 7.84. The number of carbonyl (C=O) groups is 1. The summed E-state index contributed by atoms with van der Waals surface area (Å²) in [5.74, 6) is -0.451. The lowest BCUT2D eigenvalue weighted by atomic mass is 9.98. The van der Waals surface area contributed by atoms with Gasteiger partial charge in [-0.3, -0.25) is 10.2 Å². The molecule has 0 aromatic rings. The lowest BCUT2D eigenvalue weighted by Gasteiger charge is -2.25. The number of hydrogen-bond acceptors (Lipinski definition) is 3. The second kappa shape index (κ2) is 2.10. The van der Waals surface area contributed by atoms with Crippen molar-refractivity contribution in [2.45, 2.75) is 6.42 Å². The Morgan fingerprint density at radius 2 is 2.55 bits per heavy atom. The van der Waals surface area contributed by atoms with Gasteiger partial charge >= 0.3 is 0 Å². The highest BCUT2D eigenvalue weighted by atomic mass is 16.5. The molecule has 0 saturated carbocycles. The van der Waals surface area contributed by atoms with Gasteiger partial charge in [-0.15, -0.1) is 0 Å². The highest BCUT2D eigenvalue weighted by Crippen LogP contribution is 2.26. The molecule has 58 valence electrons. The molecule has 0 radical (unpaired) electrons. The van der Waals surface area contributed by atoms with Crippen LogP contribution in [-0.4, -0.2) is 11.1 Å². The van der Waals surface area contributed by atoms with Crippen molar-refractivity contribution in [1.29, 1.82) is 0 Å². The van der Waals surface area contributed by atoms with E-state index < -0.39 is 0 Å². The van der Waals surface area contributed by atoms with E-state index in [9.17, 15) is 10.0 Å². The van der Waals surface area contributed by atoms with E-state index in [1.54, 1.807) is 12.2 Å². The van der Waals surface area contributed by atoms with Crippen LogP contribution in [0.2, 0.25) is 0 Å². The quantitative estimate of drug-likeness (QED) is 0.541. The number of amides is 1. The van der Waals surface area contributed by atoms with Gasteiger partial charge in [0, 0.05) is 5.70 Å². The molecule has 1 amide bonds. The lowest BCUT2D eigenvalue weighted by molar-refractivity contribution is -0.123. The highest BCUT2D eigenvalue weighted by molar-refractivity contribution is 5.84. The van der Waals surface area contributed by atoms with Crippen LogP contribution in [0.25, 0.3) is 0 Å². The van der Waals surface area contributed by atoms with Gasteiger partial charge in [-0.25, -0.2) is 0 Å². The van der Waals surface area contributed by atoms with Crippen LogP contribution in [0.1, 0.15) is 6.42 Å². The minimum Gasteiger partial charge on any atom is -0.739 e. The first-order valence-corrected chi connectivity index (χ1v) is 3.43. The van der Waals surface area contributed by atoms with E-state index in [2.05, 4.69) is 5.43 Å². The van der Waals surface area contributed by atoms with Crippen molar-refractivity contribution >= 4 is 5.91 Å². The minimum absolute atomic E-state index is 0.199. The standard InChI is InChI=1S/C7H7N2O2/c10-7-5-3-1-2-4-6(5)9(11)8-7/h1-2,4-5H,3H2,(H,8,10)/q-1. The topological polar surface area (TPSA) is 55.4 Å². The molecule has 11 heavy (non-hydrogen) atoms. The highest BCUT2D eigenvalue weighted by Gasteiger charge is 2.30. The Labute approximate surface area is 63.7 Å². The zero-order valence-electron chi connectivity index (χ0n) is 5.78. The summed E-state index contributed by atoms with van der Waals surface area (Å²) in [5.41, 5.74) is 2.71. The van der Waals surface area contributed by atoms with Gasteiger partial charge in [-0.2, -0.15) is 0 Å². The SMILES string of the molecule is O=C1NN([O-])C2=CC=CCC12. The van der Waals surface area contributed by atoms with Gasteiger partial charge in [0.1, 0.15) is 0 Å². The molecule has 0 aromatic heterocycles. The average Bonchev–Trinajstić information content (AvgIpc) is 2.30. The number of rotatable bonds is 0. The molecule has 2 aliphatic rings. The van der Waals surface area contributed by atoms with Crippen LogP contribution in [0.5, 0.6) is 0 Å². The molecule has 1 fully saturated rings. The number of hydroxylamine groups is 1. The molecule has 1 atom stereocenters. The number of carbonyl (C=O) groups excluding carboxylic acids is 1. The molecular weight excluding hydrogens is 144 g/mol. The molecule has 0 aromatic carbocycles. The third-order valence-corrected chi connectivity index (χ3v) is 1.89. The number of allylic oxidation sites excluding steroid dienone is 3. The number of nitrogens with zero attached hydrogens (tertiary/aromatic N) is 1. The summed E-state index contributed by atoms with van der Waals surface area (Å²) in [4.78, 5) is 11.0. The molecule has 1 saturated heterocycles. The number of nitrogens with one attached hydrogen (secondary N) is 1. The first kappa shape index (κ1) is 6.42. The maximum Gasteiger partial charge on any atom is 0.247 e. The van der Waals surface area contributed by atoms with Crippen LogP contribution in [0.3, 0.4) is 0 Å². The van der Waals surface area contributed by atoms with Crippen molar-refractivity contribution in [2.24, 2.45) is 5.92 Å². The Bertz CT molecular complexity index is 257. The van der Waals surface area contributed by atoms with Crippen molar-refractivity contribution in [3.63, 3.8) is 0 Å². The lowest BCUT2D eigenvalue weighted by Crippen LogP contribution is -2.26. The smallest absolute Gasteiger partial charge is 0.247 e. The average molecular weight is 151 g/mol. The van der Waals surface area contributed by atoms with Gasteiger partial charge < -0.3 is 10.4 Å². The Hall–Kier alpha value is -1.29. The Morgan fingerprint density at radius 3 is 3.27 bits per heavy atom. The van der Waals surface area contributed by atoms with Gasteiger partial charge in [0.25, 0.3) is 0 Å². The van der Waals surface area contributed by atoms with Crippen LogP contribution in [-0.2, 0) is 4.79 Å².